The third-order valence-corrected chi connectivity index (χ3v) is 6.52. The second kappa shape index (κ2) is 11.4. The Balaban J connectivity index is 1.61. The lowest BCUT2D eigenvalue weighted by atomic mass is 10.1. The van der Waals surface area contributed by atoms with Crippen LogP contribution in [0.4, 0.5) is 5.69 Å². The van der Waals surface area contributed by atoms with E-state index < -0.39 is 0 Å². The molecule has 0 radical (unpaired) electrons. The van der Waals surface area contributed by atoms with Crippen molar-refractivity contribution in [2.75, 3.05) is 11.1 Å². The van der Waals surface area contributed by atoms with Crippen LogP contribution in [0.3, 0.4) is 0 Å². The first-order valence-electron chi connectivity index (χ1n) is 10.0. The minimum absolute atomic E-state index is 0.147. The number of benzene rings is 2. The van der Waals surface area contributed by atoms with Crippen LogP contribution >= 0.6 is 35.0 Å². The number of allylic oxidation sites excluding steroid dienone is 1. The van der Waals surface area contributed by atoms with E-state index in [-0.39, 0.29) is 24.1 Å². The number of rotatable bonds is 9. The zero-order chi connectivity index (χ0) is 24.0. The molecule has 172 valence electrons. The summed E-state index contributed by atoms with van der Waals surface area (Å²) < 4.78 is 1.80. The largest absolute Gasteiger partial charge is 0.345 e. The summed E-state index contributed by atoms with van der Waals surface area (Å²) in [5.41, 5.74) is 3.41. The standard InChI is InChI=1S/C23H23Cl2N5O2S/c1-4-9-30-20(12-26-22(32)16-6-8-18(24)19(25)11-16)28-29-23(30)33-13-21(31)27-17-7-5-14(2)15(3)10-17/h4-8,10-11H,1,9,12-13H2,2-3H3,(H,26,32)(H,27,31). The first kappa shape index (κ1) is 24.8. The van der Waals surface area contributed by atoms with Crippen molar-refractivity contribution >= 4 is 52.5 Å². The number of aryl methyl sites for hydroxylation is 2. The number of halogens is 2. The van der Waals surface area contributed by atoms with E-state index >= 15 is 0 Å². The highest BCUT2D eigenvalue weighted by molar-refractivity contribution is 7.99. The minimum Gasteiger partial charge on any atom is -0.345 e. The van der Waals surface area contributed by atoms with Gasteiger partial charge < -0.3 is 15.2 Å². The van der Waals surface area contributed by atoms with E-state index in [0.29, 0.717) is 33.1 Å². The van der Waals surface area contributed by atoms with Gasteiger partial charge in [0.2, 0.25) is 5.91 Å². The molecule has 2 N–H and O–H groups in total. The Bertz CT molecular complexity index is 1200. The van der Waals surface area contributed by atoms with E-state index in [2.05, 4.69) is 27.4 Å². The Morgan fingerprint density at radius 3 is 2.58 bits per heavy atom. The summed E-state index contributed by atoms with van der Waals surface area (Å²) in [5, 5.41) is 15.3. The molecule has 10 heteroatoms. The lowest BCUT2D eigenvalue weighted by Crippen LogP contribution is -2.25. The van der Waals surface area contributed by atoms with Crippen LogP contribution in [0.2, 0.25) is 10.0 Å². The highest BCUT2D eigenvalue weighted by Crippen LogP contribution is 2.23. The number of aromatic nitrogens is 3. The van der Waals surface area contributed by atoms with E-state index in [9.17, 15) is 9.59 Å². The fourth-order valence-corrected chi connectivity index (χ4v) is 3.98. The summed E-state index contributed by atoms with van der Waals surface area (Å²) in [6.07, 6.45) is 1.70. The number of amides is 2. The molecule has 0 bridgehead atoms. The van der Waals surface area contributed by atoms with Gasteiger partial charge in [0, 0.05) is 17.8 Å². The van der Waals surface area contributed by atoms with Gasteiger partial charge in [-0.1, -0.05) is 47.1 Å². The minimum atomic E-state index is -0.316. The molecule has 0 saturated carbocycles. The molecule has 2 aromatic carbocycles. The Hall–Kier alpha value is -2.81. The summed E-state index contributed by atoms with van der Waals surface area (Å²) in [4.78, 5) is 24.8. The fraction of sp³-hybridized carbons (Fsp3) is 0.217. The van der Waals surface area contributed by atoms with Gasteiger partial charge >= 0.3 is 0 Å². The molecular formula is C23H23Cl2N5O2S. The van der Waals surface area contributed by atoms with Crippen LogP contribution in [0.5, 0.6) is 0 Å². The number of nitrogens with one attached hydrogen (secondary N) is 2. The van der Waals surface area contributed by atoms with Gasteiger partial charge in [-0.2, -0.15) is 0 Å². The van der Waals surface area contributed by atoms with Crippen LogP contribution in [0.25, 0.3) is 0 Å². The monoisotopic (exact) mass is 503 g/mol. The molecule has 33 heavy (non-hydrogen) atoms. The predicted octanol–water partition coefficient (Wildman–Crippen LogP) is 5.05. The average Bonchev–Trinajstić information content (AvgIpc) is 3.17. The van der Waals surface area contributed by atoms with Gasteiger partial charge in [-0.15, -0.1) is 16.8 Å². The number of carbonyl (C=O) groups is 2. The maximum Gasteiger partial charge on any atom is 0.251 e. The van der Waals surface area contributed by atoms with Crippen molar-refractivity contribution in [3.05, 3.63) is 81.6 Å². The van der Waals surface area contributed by atoms with Crippen molar-refractivity contribution in [3.63, 3.8) is 0 Å². The second-order valence-corrected chi connectivity index (χ2v) is 9.00. The van der Waals surface area contributed by atoms with Gasteiger partial charge in [0.15, 0.2) is 11.0 Å². The number of hydrogen-bond donors (Lipinski definition) is 2. The van der Waals surface area contributed by atoms with Crippen LogP contribution in [0.1, 0.15) is 27.3 Å². The molecule has 0 aliphatic rings. The van der Waals surface area contributed by atoms with E-state index in [4.69, 9.17) is 23.2 Å². The zero-order valence-corrected chi connectivity index (χ0v) is 20.5. The quantitative estimate of drug-likeness (QED) is 0.315. The number of hydrogen-bond acceptors (Lipinski definition) is 5. The van der Waals surface area contributed by atoms with Crippen LogP contribution in [-0.4, -0.2) is 32.3 Å². The lowest BCUT2D eigenvalue weighted by Gasteiger charge is -2.10. The summed E-state index contributed by atoms with van der Waals surface area (Å²) in [7, 11) is 0. The van der Waals surface area contributed by atoms with E-state index in [0.717, 1.165) is 11.3 Å². The Labute approximate surface area is 206 Å². The number of anilines is 1. The highest BCUT2D eigenvalue weighted by Gasteiger charge is 2.15. The highest BCUT2D eigenvalue weighted by atomic mass is 35.5. The molecule has 0 unspecified atom stereocenters. The van der Waals surface area contributed by atoms with Crippen LogP contribution in [0.15, 0.2) is 54.2 Å². The fourth-order valence-electron chi connectivity index (χ4n) is 2.91. The lowest BCUT2D eigenvalue weighted by molar-refractivity contribution is -0.113. The molecule has 3 aromatic rings. The maximum atomic E-state index is 12.4. The van der Waals surface area contributed by atoms with E-state index in [1.54, 1.807) is 22.8 Å². The van der Waals surface area contributed by atoms with Crippen molar-refractivity contribution in [1.82, 2.24) is 20.1 Å². The van der Waals surface area contributed by atoms with Gasteiger partial charge in [0.1, 0.15) is 0 Å². The Morgan fingerprint density at radius 2 is 1.88 bits per heavy atom. The summed E-state index contributed by atoms with van der Waals surface area (Å²) >= 11 is 13.1. The summed E-state index contributed by atoms with van der Waals surface area (Å²) in [5.74, 6) is 0.243. The Morgan fingerprint density at radius 1 is 1.09 bits per heavy atom. The zero-order valence-electron chi connectivity index (χ0n) is 18.2. The second-order valence-electron chi connectivity index (χ2n) is 7.25. The number of thioether (sulfide) groups is 1. The molecule has 0 aliphatic carbocycles. The van der Waals surface area contributed by atoms with Gasteiger partial charge in [0.05, 0.1) is 22.3 Å². The molecule has 7 nitrogen and oxygen atoms in total. The summed E-state index contributed by atoms with van der Waals surface area (Å²) in [6, 6.07) is 10.4. The smallest absolute Gasteiger partial charge is 0.251 e. The van der Waals surface area contributed by atoms with Crippen molar-refractivity contribution in [1.29, 1.82) is 0 Å². The van der Waals surface area contributed by atoms with Crippen molar-refractivity contribution in [2.45, 2.75) is 32.1 Å². The molecule has 0 saturated heterocycles. The topological polar surface area (TPSA) is 88.9 Å². The molecule has 2 amide bonds. The van der Waals surface area contributed by atoms with Crippen molar-refractivity contribution < 1.29 is 9.59 Å². The molecule has 0 spiro atoms. The van der Waals surface area contributed by atoms with Gasteiger partial charge in [-0.25, -0.2) is 0 Å². The molecule has 1 aromatic heterocycles. The third kappa shape index (κ3) is 6.60. The molecule has 1 heterocycles. The number of carbonyl (C=O) groups excluding carboxylic acids is 2. The van der Waals surface area contributed by atoms with Gasteiger partial charge in [0.25, 0.3) is 5.91 Å². The normalized spacial score (nSPS) is 10.7. The van der Waals surface area contributed by atoms with E-state index in [1.807, 2.05) is 32.0 Å². The van der Waals surface area contributed by atoms with Crippen molar-refractivity contribution in [3.8, 4) is 0 Å². The van der Waals surface area contributed by atoms with Gasteiger partial charge in [-0.3, -0.25) is 9.59 Å². The van der Waals surface area contributed by atoms with Gasteiger partial charge in [-0.05, 0) is 55.3 Å². The Kier molecular flexibility index (Phi) is 8.55. The van der Waals surface area contributed by atoms with Crippen molar-refractivity contribution in [2.24, 2.45) is 0 Å². The molecular weight excluding hydrogens is 481 g/mol. The molecule has 0 fully saturated rings. The first-order valence-corrected chi connectivity index (χ1v) is 11.8. The van der Waals surface area contributed by atoms with Crippen LogP contribution < -0.4 is 10.6 Å². The van der Waals surface area contributed by atoms with Crippen LogP contribution in [-0.2, 0) is 17.9 Å². The summed E-state index contributed by atoms with van der Waals surface area (Å²) in [6.45, 7) is 8.37. The number of nitrogens with zero attached hydrogens (tertiary/aromatic N) is 3. The predicted molar refractivity (Wildman–Crippen MR) is 133 cm³/mol. The third-order valence-electron chi connectivity index (χ3n) is 4.82. The SMILES string of the molecule is C=CCn1c(CNC(=O)c2ccc(Cl)c(Cl)c2)nnc1SCC(=O)Nc1ccc(C)c(C)c1. The first-order chi connectivity index (χ1) is 15.8. The molecule has 0 atom stereocenters. The van der Waals surface area contributed by atoms with E-state index in [1.165, 1.54) is 23.4 Å². The molecule has 0 aliphatic heterocycles. The maximum absolute atomic E-state index is 12.4. The molecule has 3 rings (SSSR count). The van der Waals surface area contributed by atoms with Crippen LogP contribution in [0, 0.1) is 13.8 Å². The average molecular weight is 504 g/mol.